The Bertz CT molecular complexity index is 906. The number of aromatic amines is 1. The predicted molar refractivity (Wildman–Crippen MR) is 85.0 cm³/mol. The highest BCUT2D eigenvalue weighted by atomic mass is 79.9. The number of nitriles is 1. The minimum Gasteiger partial charge on any atom is -0.398 e. The molecule has 102 valence electrons. The average Bonchev–Trinajstić information content (AvgIpc) is 2.93. The van der Waals surface area contributed by atoms with Gasteiger partial charge >= 0.3 is 0 Å². The molecule has 0 aliphatic rings. The number of fused-ring (bicyclic) bond motifs is 1. The van der Waals surface area contributed by atoms with Crippen molar-refractivity contribution in [3.05, 3.63) is 63.8 Å². The van der Waals surface area contributed by atoms with E-state index in [1.807, 2.05) is 6.07 Å². The smallest absolute Gasteiger partial charge is 0.196 e. The average molecular weight is 340 g/mol. The van der Waals surface area contributed by atoms with Crippen LogP contribution in [0.15, 0.2) is 47.1 Å². The number of nitrogens with zero attached hydrogens (tertiary/aromatic N) is 1. The molecule has 3 rings (SSSR count). The molecule has 0 amide bonds. The first-order valence-electron chi connectivity index (χ1n) is 6.22. The molecule has 3 aromatic rings. The van der Waals surface area contributed by atoms with Crippen molar-refractivity contribution in [2.45, 2.75) is 0 Å². The molecule has 5 heteroatoms. The van der Waals surface area contributed by atoms with Crippen LogP contribution in [-0.2, 0) is 0 Å². The molecule has 0 aliphatic heterocycles. The molecule has 0 atom stereocenters. The number of carbonyl (C=O) groups excluding carboxylic acids is 1. The van der Waals surface area contributed by atoms with Gasteiger partial charge in [0.15, 0.2) is 5.78 Å². The lowest BCUT2D eigenvalue weighted by molar-refractivity contribution is 0.103. The van der Waals surface area contributed by atoms with Crippen LogP contribution in [0.1, 0.15) is 21.5 Å². The molecule has 0 saturated heterocycles. The fourth-order valence-corrected chi connectivity index (χ4v) is 2.77. The third-order valence-corrected chi connectivity index (χ3v) is 4.23. The number of nitrogens with two attached hydrogens (primary N) is 1. The predicted octanol–water partition coefficient (Wildman–Crippen LogP) is 3.62. The van der Waals surface area contributed by atoms with Crippen LogP contribution in [0.4, 0.5) is 5.69 Å². The highest BCUT2D eigenvalue weighted by Gasteiger charge is 2.19. The Morgan fingerprint density at radius 1 is 1.19 bits per heavy atom. The van der Waals surface area contributed by atoms with Gasteiger partial charge in [-0.05, 0) is 40.2 Å². The summed E-state index contributed by atoms with van der Waals surface area (Å²) in [4.78, 5) is 15.8. The van der Waals surface area contributed by atoms with Gasteiger partial charge in [-0.15, -0.1) is 0 Å². The van der Waals surface area contributed by atoms with Crippen LogP contribution in [0.5, 0.6) is 0 Å². The van der Waals surface area contributed by atoms with E-state index >= 15 is 0 Å². The monoisotopic (exact) mass is 339 g/mol. The van der Waals surface area contributed by atoms with Crippen LogP contribution < -0.4 is 5.73 Å². The molecule has 0 bridgehead atoms. The first-order chi connectivity index (χ1) is 10.1. The molecule has 0 radical (unpaired) electrons. The second-order valence-corrected chi connectivity index (χ2v) is 5.37. The fourth-order valence-electron chi connectivity index (χ4n) is 2.33. The van der Waals surface area contributed by atoms with Crippen molar-refractivity contribution < 1.29 is 4.79 Å². The number of hydrogen-bond acceptors (Lipinski definition) is 3. The second kappa shape index (κ2) is 5.08. The minimum atomic E-state index is -0.178. The number of benzene rings is 2. The molecular formula is C16H10BrN3O. The molecule has 2 aromatic carbocycles. The highest BCUT2D eigenvalue weighted by molar-refractivity contribution is 9.10. The zero-order valence-corrected chi connectivity index (χ0v) is 12.4. The van der Waals surface area contributed by atoms with E-state index in [4.69, 9.17) is 5.73 Å². The van der Waals surface area contributed by atoms with Crippen molar-refractivity contribution in [2.75, 3.05) is 5.73 Å². The summed E-state index contributed by atoms with van der Waals surface area (Å²) in [5, 5.41) is 9.86. The van der Waals surface area contributed by atoms with Crippen molar-refractivity contribution in [2.24, 2.45) is 0 Å². The number of nitrogen functional groups attached to an aromatic ring is 1. The molecule has 21 heavy (non-hydrogen) atoms. The van der Waals surface area contributed by atoms with Gasteiger partial charge in [-0.3, -0.25) is 4.79 Å². The van der Waals surface area contributed by atoms with E-state index in [0.29, 0.717) is 32.2 Å². The summed E-state index contributed by atoms with van der Waals surface area (Å²) in [6, 6.07) is 12.6. The van der Waals surface area contributed by atoms with E-state index in [0.717, 1.165) is 5.52 Å². The van der Waals surface area contributed by atoms with Crippen LogP contribution in [0.2, 0.25) is 0 Å². The first-order valence-corrected chi connectivity index (χ1v) is 7.01. The molecule has 0 spiro atoms. The van der Waals surface area contributed by atoms with Crippen LogP contribution in [0.3, 0.4) is 0 Å². The molecule has 1 aromatic heterocycles. The first kappa shape index (κ1) is 13.4. The van der Waals surface area contributed by atoms with Crippen LogP contribution >= 0.6 is 15.9 Å². The van der Waals surface area contributed by atoms with Crippen molar-refractivity contribution in [3.63, 3.8) is 0 Å². The van der Waals surface area contributed by atoms with Gasteiger partial charge < -0.3 is 10.7 Å². The topological polar surface area (TPSA) is 82.7 Å². The van der Waals surface area contributed by atoms with Crippen molar-refractivity contribution in [1.29, 1.82) is 5.26 Å². The normalized spacial score (nSPS) is 10.5. The zero-order valence-electron chi connectivity index (χ0n) is 10.9. The van der Waals surface area contributed by atoms with Crippen LogP contribution in [0.25, 0.3) is 10.9 Å². The number of hydrogen-bond donors (Lipinski definition) is 2. The molecule has 0 fully saturated rings. The molecule has 0 unspecified atom stereocenters. The van der Waals surface area contributed by atoms with Gasteiger partial charge in [0.25, 0.3) is 0 Å². The van der Waals surface area contributed by atoms with E-state index in [1.165, 1.54) is 0 Å². The van der Waals surface area contributed by atoms with E-state index in [9.17, 15) is 10.1 Å². The Morgan fingerprint density at radius 3 is 2.71 bits per heavy atom. The van der Waals surface area contributed by atoms with E-state index in [-0.39, 0.29) is 5.78 Å². The number of aromatic nitrogens is 1. The molecule has 0 aliphatic carbocycles. The summed E-state index contributed by atoms with van der Waals surface area (Å²) in [7, 11) is 0. The molecule has 0 saturated carbocycles. The zero-order chi connectivity index (χ0) is 15.0. The summed E-state index contributed by atoms with van der Waals surface area (Å²) in [6.45, 7) is 0. The Balaban J connectivity index is 2.24. The summed E-state index contributed by atoms with van der Waals surface area (Å²) in [5.41, 5.74) is 8.50. The standard InChI is InChI=1S/C16H10BrN3O/c17-15-10(4-2-5-12(15)19)16(21)11-8-20-13-6-1-3-9(7-18)14(11)13/h1-6,8,20H,19H2. The molecule has 1 heterocycles. The lowest BCUT2D eigenvalue weighted by Gasteiger charge is -2.05. The Hall–Kier alpha value is -2.58. The van der Waals surface area contributed by atoms with Crippen molar-refractivity contribution in [1.82, 2.24) is 4.98 Å². The van der Waals surface area contributed by atoms with Crippen molar-refractivity contribution in [3.8, 4) is 6.07 Å². The van der Waals surface area contributed by atoms with Gasteiger partial charge in [-0.25, -0.2) is 0 Å². The van der Waals surface area contributed by atoms with E-state index in [1.54, 1.807) is 36.5 Å². The lowest BCUT2D eigenvalue weighted by Crippen LogP contribution is -2.03. The van der Waals surface area contributed by atoms with Gasteiger partial charge in [0.1, 0.15) is 0 Å². The molecule has 3 N–H and O–H groups in total. The number of H-pyrrole nitrogens is 1. The number of ketones is 1. The summed E-state index contributed by atoms with van der Waals surface area (Å²) < 4.78 is 0.568. The second-order valence-electron chi connectivity index (χ2n) is 4.58. The summed E-state index contributed by atoms with van der Waals surface area (Å²) >= 11 is 3.34. The Kier molecular flexibility index (Phi) is 3.24. The van der Waals surface area contributed by atoms with Crippen LogP contribution in [0, 0.1) is 11.3 Å². The highest BCUT2D eigenvalue weighted by Crippen LogP contribution is 2.29. The third-order valence-electron chi connectivity index (χ3n) is 3.34. The molecule has 4 nitrogen and oxygen atoms in total. The van der Waals surface area contributed by atoms with Gasteiger partial charge in [0.05, 0.1) is 16.1 Å². The SMILES string of the molecule is N#Cc1cccc2[nH]cc(C(=O)c3cccc(N)c3Br)c12. The molecular weight excluding hydrogens is 330 g/mol. The van der Waals surface area contributed by atoms with E-state index < -0.39 is 0 Å². The van der Waals surface area contributed by atoms with Crippen molar-refractivity contribution >= 4 is 38.3 Å². The minimum absolute atomic E-state index is 0.178. The third kappa shape index (κ3) is 2.10. The summed E-state index contributed by atoms with van der Waals surface area (Å²) in [6.07, 6.45) is 1.63. The fraction of sp³-hybridized carbons (Fsp3) is 0. The van der Waals surface area contributed by atoms with Gasteiger partial charge in [-0.2, -0.15) is 5.26 Å². The Labute approximate surface area is 129 Å². The summed E-state index contributed by atoms with van der Waals surface area (Å²) in [5.74, 6) is -0.178. The largest absolute Gasteiger partial charge is 0.398 e. The van der Waals surface area contributed by atoms with Crippen LogP contribution in [-0.4, -0.2) is 10.8 Å². The number of halogens is 1. The van der Waals surface area contributed by atoms with Gasteiger partial charge in [-0.1, -0.05) is 12.1 Å². The Morgan fingerprint density at radius 2 is 1.95 bits per heavy atom. The van der Waals surface area contributed by atoms with E-state index in [2.05, 4.69) is 27.0 Å². The number of nitrogens with one attached hydrogen (secondary N) is 1. The maximum absolute atomic E-state index is 12.7. The number of rotatable bonds is 2. The number of carbonyl (C=O) groups is 1. The van der Waals surface area contributed by atoms with Gasteiger partial charge in [0, 0.05) is 33.9 Å². The quantitative estimate of drug-likeness (QED) is 0.552. The number of anilines is 1. The van der Waals surface area contributed by atoms with Gasteiger partial charge in [0.2, 0.25) is 0 Å². The maximum atomic E-state index is 12.7. The lowest BCUT2D eigenvalue weighted by atomic mass is 9.99. The maximum Gasteiger partial charge on any atom is 0.196 e.